The summed E-state index contributed by atoms with van der Waals surface area (Å²) in [7, 11) is 0. The number of ether oxygens (including phenoxy) is 4. The summed E-state index contributed by atoms with van der Waals surface area (Å²) in [6, 6.07) is 0. The number of carbonyl (C=O) groups is 4. The molecule has 0 radical (unpaired) electrons. The van der Waals surface area contributed by atoms with E-state index in [0.29, 0.717) is 18.8 Å². The van der Waals surface area contributed by atoms with E-state index in [1.165, 1.54) is 6.92 Å². The van der Waals surface area contributed by atoms with Crippen molar-refractivity contribution in [2.24, 2.45) is 11.8 Å². The Balaban J connectivity index is 1.80. The molecule has 192 valence electrons. The summed E-state index contributed by atoms with van der Waals surface area (Å²) >= 11 is 0. The molecule has 0 aromatic rings. The number of hydrogen-bond acceptors (Lipinski definition) is 8. The monoisotopic (exact) mass is 480 g/mol. The van der Waals surface area contributed by atoms with Crippen molar-refractivity contribution in [3.8, 4) is 0 Å². The predicted molar refractivity (Wildman–Crippen MR) is 125 cm³/mol. The van der Waals surface area contributed by atoms with Gasteiger partial charge in [-0.3, -0.25) is 14.4 Å². The van der Waals surface area contributed by atoms with Gasteiger partial charge in [0.2, 0.25) is 0 Å². The van der Waals surface area contributed by atoms with Crippen molar-refractivity contribution in [1.82, 2.24) is 0 Å². The fourth-order valence-electron chi connectivity index (χ4n) is 4.62. The Morgan fingerprint density at radius 3 is 2.12 bits per heavy atom. The maximum Gasteiger partial charge on any atom is 0.333 e. The van der Waals surface area contributed by atoms with Crippen molar-refractivity contribution in [2.45, 2.75) is 110 Å². The summed E-state index contributed by atoms with van der Waals surface area (Å²) in [6.07, 6.45) is 4.51. The van der Waals surface area contributed by atoms with Gasteiger partial charge in [0.1, 0.15) is 24.4 Å². The Morgan fingerprint density at radius 2 is 1.50 bits per heavy atom. The second kappa shape index (κ2) is 12.9. The molecule has 0 aromatic carbocycles. The minimum absolute atomic E-state index is 0.0328. The van der Waals surface area contributed by atoms with Crippen molar-refractivity contribution in [3.05, 3.63) is 12.2 Å². The lowest BCUT2D eigenvalue weighted by Crippen LogP contribution is -2.40. The maximum absolute atomic E-state index is 12.5. The zero-order valence-electron chi connectivity index (χ0n) is 21.1. The van der Waals surface area contributed by atoms with E-state index in [0.717, 1.165) is 32.1 Å². The Hall–Kier alpha value is -2.38. The van der Waals surface area contributed by atoms with E-state index in [9.17, 15) is 19.2 Å². The molecule has 2 aliphatic rings. The number of rotatable bonds is 11. The molecule has 0 heterocycles. The lowest BCUT2D eigenvalue weighted by Gasteiger charge is -2.34. The molecule has 0 aromatic heterocycles. The minimum Gasteiger partial charge on any atom is -0.462 e. The van der Waals surface area contributed by atoms with Crippen LogP contribution in [-0.2, 0) is 38.1 Å². The van der Waals surface area contributed by atoms with Crippen LogP contribution in [0.25, 0.3) is 0 Å². The quantitative estimate of drug-likeness (QED) is 0.243. The molecule has 0 bridgehead atoms. The van der Waals surface area contributed by atoms with Gasteiger partial charge in [-0.1, -0.05) is 27.4 Å². The number of esters is 4. The van der Waals surface area contributed by atoms with Gasteiger partial charge in [0.15, 0.2) is 0 Å². The molecule has 2 saturated carbocycles. The van der Waals surface area contributed by atoms with E-state index in [1.807, 2.05) is 0 Å². The molecule has 3 unspecified atom stereocenters. The SMILES string of the molecule is C=C(C)C(=O)OCCC(=O)OC1CC(C)CCC1OC(=O)CCC(=O)OC1(C(C)C)CCCC1. The maximum atomic E-state index is 12.5. The number of carbonyl (C=O) groups excluding carboxylic acids is 4. The van der Waals surface area contributed by atoms with Gasteiger partial charge in [0, 0.05) is 5.57 Å². The fraction of sp³-hybridized carbons (Fsp3) is 0.769. The van der Waals surface area contributed by atoms with Gasteiger partial charge >= 0.3 is 23.9 Å². The molecule has 3 atom stereocenters. The van der Waals surface area contributed by atoms with Gasteiger partial charge in [0.05, 0.1) is 19.3 Å². The van der Waals surface area contributed by atoms with Crippen LogP contribution in [0.3, 0.4) is 0 Å². The summed E-state index contributed by atoms with van der Waals surface area (Å²) in [5.41, 5.74) is -0.161. The number of hydrogen-bond donors (Lipinski definition) is 0. The van der Waals surface area contributed by atoms with Crippen LogP contribution in [0.1, 0.15) is 91.9 Å². The van der Waals surface area contributed by atoms with Gasteiger partial charge in [-0.25, -0.2) is 4.79 Å². The molecule has 0 amide bonds. The van der Waals surface area contributed by atoms with Crippen LogP contribution in [0.15, 0.2) is 12.2 Å². The zero-order chi connectivity index (χ0) is 25.3. The van der Waals surface area contributed by atoms with Crippen LogP contribution in [0.4, 0.5) is 0 Å². The molecule has 8 heteroatoms. The highest BCUT2D eigenvalue weighted by molar-refractivity contribution is 5.87. The average molecular weight is 481 g/mol. The van der Waals surface area contributed by atoms with Gasteiger partial charge in [0.25, 0.3) is 0 Å². The molecule has 0 saturated heterocycles. The largest absolute Gasteiger partial charge is 0.462 e. The first-order valence-electron chi connectivity index (χ1n) is 12.5. The van der Waals surface area contributed by atoms with E-state index in [2.05, 4.69) is 27.4 Å². The van der Waals surface area contributed by atoms with Crippen LogP contribution in [0.5, 0.6) is 0 Å². The third-order valence-corrected chi connectivity index (χ3v) is 6.80. The van der Waals surface area contributed by atoms with Gasteiger partial charge in [-0.05, 0) is 63.7 Å². The summed E-state index contributed by atoms with van der Waals surface area (Å²) in [5, 5.41) is 0. The first-order valence-corrected chi connectivity index (χ1v) is 12.5. The van der Waals surface area contributed by atoms with Crippen molar-refractivity contribution in [2.75, 3.05) is 6.61 Å². The molecule has 2 rings (SSSR count). The van der Waals surface area contributed by atoms with E-state index in [4.69, 9.17) is 18.9 Å². The highest BCUT2D eigenvalue weighted by atomic mass is 16.6. The molecule has 0 N–H and O–H groups in total. The Kier molecular flexibility index (Phi) is 10.6. The topological polar surface area (TPSA) is 105 Å². The van der Waals surface area contributed by atoms with Gasteiger partial charge in [-0.15, -0.1) is 0 Å². The first kappa shape index (κ1) is 27.9. The zero-order valence-corrected chi connectivity index (χ0v) is 21.1. The van der Waals surface area contributed by atoms with Crippen molar-refractivity contribution < 1.29 is 38.1 Å². The lowest BCUT2D eigenvalue weighted by molar-refractivity contribution is -0.175. The van der Waals surface area contributed by atoms with Crippen molar-refractivity contribution in [3.63, 3.8) is 0 Å². The van der Waals surface area contributed by atoms with Crippen LogP contribution in [0, 0.1) is 11.8 Å². The van der Waals surface area contributed by atoms with E-state index in [1.54, 1.807) is 0 Å². The molecule has 34 heavy (non-hydrogen) atoms. The standard InChI is InChI=1S/C26H40O8/c1-17(2)25(30)31-15-12-23(28)33-21-16-19(5)8-9-20(21)32-22(27)10-11-24(29)34-26(18(3)4)13-6-7-14-26/h18-21H,1,6-16H2,2-5H3. The van der Waals surface area contributed by atoms with Gasteiger partial charge in [-0.2, -0.15) is 0 Å². The van der Waals surface area contributed by atoms with Crippen LogP contribution in [-0.4, -0.2) is 48.3 Å². The second-order valence-corrected chi connectivity index (χ2v) is 10.0. The summed E-state index contributed by atoms with van der Waals surface area (Å²) in [5.74, 6) is -1.40. The highest BCUT2D eigenvalue weighted by Crippen LogP contribution is 2.39. The lowest BCUT2D eigenvalue weighted by atomic mass is 9.86. The highest BCUT2D eigenvalue weighted by Gasteiger charge is 2.40. The van der Waals surface area contributed by atoms with E-state index < -0.39 is 35.7 Å². The fourth-order valence-corrected chi connectivity index (χ4v) is 4.62. The normalized spacial score (nSPS) is 23.7. The molecule has 0 spiro atoms. The molecule has 2 fully saturated rings. The molecule has 2 aliphatic carbocycles. The third-order valence-electron chi connectivity index (χ3n) is 6.80. The second-order valence-electron chi connectivity index (χ2n) is 10.0. The molecule has 0 aliphatic heterocycles. The Bertz CT molecular complexity index is 750. The first-order chi connectivity index (χ1) is 16.0. The average Bonchev–Trinajstić information content (AvgIpc) is 3.24. The summed E-state index contributed by atoms with van der Waals surface area (Å²) < 4.78 is 21.9. The Labute approximate surface area is 202 Å². The summed E-state index contributed by atoms with van der Waals surface area (Å²) in [6.45, 7) is 11.1. The molecular formula is C26H40O8. The Morgan fingerprint density at radius 1 is 0.912 bits per heavy atom. The van der Waals surface area contributed by atoms with E-state index >= 15 is 0 Å². The minimum atomic E-state index is -0.563. The third kappa shape index (κ3) is 8.44. The smallest absolute Gasteiger partial charge is 0.333 e. The molecular weight excluding hydrogens is 440 g/mol. The van der Waals surface area contributed by atoms with E-state index in [-0.39, 0.29) is 43.3 Å². The van der Waals surface area contributed by atoms with Crippen LogP contribution >= 0.6 is 0 Å². The van der Waals surface area contributed by atoms with Crippen molar-refractivity contribution in [1.29, 1.82) is 0 Å². The van der Waals surface area contributed by atoms with Crippen LogP contribution in [0.2, 0.25) is 0 Å². The van der Waals surface area contributed by atoms with Crippen molar-refractivity contribution >= 4 is 23.9 Å². The van der Waals surface area contributed by atoms with Crippen LogP contribution < -0.4 is 0 Å². The van der Waals surface area contributed by atoms with Gasteiger partial charge < -0.3 is 18.9 Å². The summed E-state index contributed by atoms with van der Waals surface area (Å²) in [4.78, 5) is 48.5. The molecule has 8 nitrogen and oxygen atoms in total. The predicted octanol–water partition coefficient (Wildman–Crippen LogP) is 4.43.